The van der Waals surface area contributed by atoms with Crippen molar-refractivity contribution in [3.63, 3.8) is 0 Å². The molecule has 4 heteroatoms. The molecule has 1 saturated heterocycles. The normalized spacial score (nSPS) is 22.3. The third kappa shape index (κ3) is 4.23. The lowest BCUT2D eigenvalue weighted by Gasteiger charge is -2.27. The molecule has 4 nitrogen and oxygen atoms in total. The number of piperidine rings is 1. The number of benzene rings is 1. The summed E-state index contributed by atoms with van der Waals surface area (Å²) in [5, 5.41) is 6.40. The second-order valence-corrected chi connectivity index (χ2v) is 5.37. The fourth-order valence-electron chi connectivity index (χ4n) is 2.62. The van der Waals surface area contributed by atoms with E-state index in [1.165, 1.54) is 0 Å². The maximum atomic E-state index is 12.2. The Labute approximate surface area is 120 Å². The monoisotopic (exact) mass is 276 g/mol. The number of rotatable bonds is 5. The van der Waals surface area contributed by atoms with E-state index < -0.39 is 0 Å². The van der Waals surface area contributed by atoms with Crippen LogP contribution in [0.25, 0.3) is 0 Å². The van der Waals surface area contributed by atoms with Gasteiger partial charge in [0.1, 0.15) is 5.75 Å². The zero-order chi connectivity index (χ0) is 14.4. The highest BCUT2D eigenvalue weighted by molar-refractivity contribution is 5.78. The highest BCUT2D eigenvalue weighted by atomic mass is 16.5. The minimum absolute atomic E-state index is 0.140. The van der Waals surface area contributed by atoms with Crippen molar-refractivity contribution in [2.45, 2.75) is 39.3 Å². The quantitative estimate of drug-likeness (QED) is 0.866. The van der Waals surface area contributed by atoms with Gasteiger partial charge >= 0.3 is 0 Å². The van der Waals surface area contributed by atoms with E-state index in [0.29, 0.717) is 19.2 Å². The Morgan fingerprint density at radius 3 is 3.10 bits per heavy atom. The van der Waals surface area contributed by atoms with Crippen molar-refractivity contribution in [1.82, 2.24) is 10.6 Å². The van der Waals surface area contributed by atoms with E-state index in [1.54, 1.807) is 0 Å². The molecular formula is C16H24N2O2. The van der Waals surface area contributed by atoms with Crippen molar-refractivity contribution < 1.29 is 9.53 Å². The summed E-state index contributed by atoms with van der Waals surface area (Å²) < 4.78 is 5.46. The highest BCUT2D eigenvalue weighted by Crippen LogP contribution is 2.17. The molecule has 1 aromatic rings. The molecule has 2 unspecified atom stereocenters. The first-order valence-corrected chi connectivity index (χ1v) is 7.42. The van der Waals surface area contributed by atoms with Crippen LogP contribution in [0, 0.1) is 5.92 Å². The van der Waals surface area contributed by atoms with E-state index in [0.717, 1.165) is 30.7 Å². The van der Waals surface area contributed by atoms with Crippen LogP contribution in [0.15, 0.2) is 24.3 Å². The Hall–Kier alpha value is -1.55. The predicted molar refractivity (Wildman–Crippen MR) is 79.6 cm³/mol. The molecule has 0 bridgehead atoms. The summed E-state index contributed by atoms with van der Waals surface area (Å²) in [6.07, 6.45) is 1.85. The van der Waals surface area contributed by atoms with Gasteiger partial charge in [-0.3, -0.25) is 4.79 Å². The summed E-state index contributed by atoms with van der Waals surface area (Å²) in [7, 11) is 0. The van der Waals surface area contributed by atoms with Gasteiger partial charge in [-0.15, -0.1) is 0 Å². The Balaban J connectivity index is 1.85. The van der Waals surface area contributed by atoms with Crippen LogP contribution >= 0.6 is 0 Å². The number of hydrogen-bond acceptors (Lipinski definition) is 3. The number of ether oxygens (including phenoxy) is 1. The van der Waals surface area contributed by atoms with E-state index in [-0.39, 0.29) is 11.8 Å². The van der Waals surface area contributed by atoms with Gasteiger partial charge in [-0.2, -0.15) is 0 Å². The van der Waals surface area contributed by atoms with E-state index >= 15 is 0 Å². The molecule has 0 aliphatic carbocycles. The molecule has 0 spiro atoms. The number of carbonyl (C=O) groups is 1. The van der Waals surface area contributed by atoms with Gasteiger partial charge in [-0.25, -0.2) is 0 Å². The second kappa shape index (κ2) is 7.29. The molecule has 0 radical (unpaired) electrons. The van der Waals surface area contributed by atoms with E-state index in [4.69, 9.17) is 4.74 Å². The Bertz CT molecular complexity index is 448. The Morgan fingerprint density at radius 1 is 1.50 bits per heavy atom. The van der Waals surface area contributed by atoms with Gasteiger partial charge in [0.15, 0.2) is 0 Å². The molecule has 1 aliphatic rings. The number of nitrogens with one attached hydrogen (secondary N) is 2. The lowest BCUT2D eigenvalue weighted by molar-refractivity contribution is -0.126. The molecule has 0 aromatic heterocycles. The molecule has 2 rings (SSSR count). The second-order valence-electron chi connectivity index (χ2n) is 5.37. The molecule has 2 atom stereocenters. The maximum absolute atomic E-state index is 12.2. The van der Waals surface area contributed by atoms with Gasteiger partial charge in [-0.1, -0.05) is 12.1 Å². The predicted octanol–water partition coefficient (Wildman–Crippen LogP) is 2.09. The smallest absolute Gasteiger partial charge is 0.223 e. The third-order valence-electron chi connectivity index (χ3n) is 3.67. The summed E-state index contributed by atoms with van der Waals surface area (Å²) in [5.41, 5.74) is 1.08. The van der Waals surface area contributed by atoms with E-state index in [9.17, 15) is 4.79 Å². The summed E-state index contributed by atoms with van der Waals surface area (Å²) in [6, 6.07) is 8.31. The average Bonchev–Trinajstić information content (AvgIpc) is 2.45. The molecule has 1 fully saturated rings. The van der Waals surface area contributed by atoms with Gasteiger partial charge in [0, 0.05) is 18.5 Å². The molecule has 1 heterocycles. The van der Waals surface area contributed by atoms with Gasteiger partial charge < -0.3 is 15.4 Å². The summed E-state index contributed by atoms with van der Waals surface area (Å²) in [4.78, 5) is 12.2. The fraction of sp³-hybridized carbons (Fsp3) is 0.562. The Morgan fingerprint density at radius 2 is 2.35 bits per heavy atom. The molecule has 1 aliphatic heterocycles. The van der Waals surface area contributed by atoms with Gasteiger partial charge in [0.25, 0.3) is 0 Å². The summed E-state index contributed by atoms with van der Waals surface area (Å²) >= 11 is 0. The van der Waals surface area contributed by atoms with Crippen LogP contribution in [-0.2, 0) is 11.3 Å². The van der Waals surface area contributed by atoms with Gasteiger partial charge in [0.05, 0.1) is 6.61 Å². The van der Waals surface area contributed by atoms with Crippen molar-refractivity contribution in [2.24, 2.45) is 5.92 Å². The summed E-state index contributed by atoms with van der Waals surface area (Å²) in [5.74, 6) is 1.16. The minimum atomic E-state index is 0.140. The zero-order valence-electron chi connectivity index (χ0n) is 12.3. The number of carbonyl (C=O) groups excluding carboxylic acids is 1. The van der Waals surface area contributed by atoms with Crippen LogP contribution in [0.4, 0.5) is 0 Å². The average molecular weight is 276 g/mol. The third-order valence-corrected chi connectivity index (χ3v) is 3.67. The van der Waals surface area contributed by atoms with E-state index in [1.807, 2.05) is 31.2 Å². The van der Waals surface area contributed by atoms with Crippen LogP contribution in [0.1, 0.15) is 32.3 Å². The molecule has 110 valence electrons. The number of amides is 1. The van der Waals surface area contributed by atoms with Crippen molar-refractivity contribution in [3.05, 3.63) is 29.8 Å². The highest BCUT2D eigenvalue weighted by Gasteiger charge is 2.24. The molecule has 20 heavy (non-hydrogen) atoms. The SMILES string of the molecule is CCOc1cccc(CNC(=O)C2CCNC(C)C2)c1. The van der Waals surface area contributed by atoms with Crippen molar-refractivity contribution in [2.75, 3.05) is 13.2 Å². The maximum Gasteiger partial charge on any atom is 0.223 e. The lowest BCUT2D eigenvalue weighted by atomic mass is 9.92. The minimum Gasteiger partial charge on any atom is -0.494 e. The van der Waals surface area contributed by atoms with Crippen LogP contribution in [0.5, 0.6) is 5.75 Å². The first-order chi connectivity index (χ1) is 9.69. The standard InChI is InChI=1S/C16H24N2O2/c1-3-20-15-6-4-5-13(10-15)11-18-16(19)14-7-8-17-12(2)9-14/h4-6,10,12,14,17H,3,7-9,11H2,1-2H3,(H,18,19). The topological polar surface area (TPSA) is 50.4 Å². The van der Waals surface area contributed by atoms with E-state index in [2.05, 4.69) is 17.6 Å². The molecule has 0 saturated carbocycles. The van der Waals surface area contributed by atoms with Crippen LogP contribution in [0.2, 0.25) is 0 Å². The first kappa shape index (κ1) is 14.9. The van der Waals surface area contributed by atoms with Crippen LogP contribution < -0.4 is 15.4 Å². The van der Waals surface area contributed by atoms with Gasteiger partial charge in [0.2, 0.25) is 5.91 Å². The Kier molecular flexibility index (Phi) is 5.41. The molecular weight excluding hydrogens is 252 g/mol. The van der Waals surface area contributed by atoms with Crippen LogP contribution in [0.3, 0.4) is 0 Å². The largest absolute Gasteiger partial charge is 0.494 e. The molecule has 1 amide bonds. The summed E-state index contributed by atoms with van der Waals surface area (Å²) in [6.45, 7) is 6.25. The van der Waals surface area contributed by atoms with Crippen LogP contribution in [-0.4, -0.2) is 25.1 Å². The number of hydrogen-bond donors (Lipinski definition) is 2. The fourth-order valence-corrected chi connectivity index (χ4v) is 2.62. The first-order valence-electron chi connectivity index (χ1n) is 7.42. The zero-order valence-corrected chi connectivity index (χ0v) is 12.3. The lowest BCUT2D eigenvalue weighted by Crippen LogP contribution is -2.42. The molecule has 2 N–H and O–H groups in total. The van der Waals surface area contributed by atoms with Crippen molar-refractivity contribution in [1.29, 1.82) is 0 Å². The van der Waals surface area contributed by atoms with Gasteiger partial charge in [-0.05, 0) is 50.9 Å². The van der Waals surface area contributed by atoms with Crippen molar-refractivity contribution >= 4 is 5.91 Å². The molecule has 1 aromatic carbocycles. The van der Waals surface area contributed by atoms with Crippen molar-refractivity contribution in [3.8, 4) is 5.75 Å².